The van der Waals surface area contributed by atoms with Gasteiger partial charge in [-0.15, -0.1) is 11.3 Å². The van der Waals surface area contributed by atoms with E-state index in [0.29, 0.717) is 5.92 Å². The Labute approximate surface area is 101 Å². The molecular formula is C11H20N2S2. The maximum absolute atomic E-state index is 4.58. The van der Waals surface area contributed by atoms with Crippen molar-refractivity contribution in [1.29, 1.82) is 0 Å². The number of hydrogen-bond acceptors (Lipinski definition) is 4. The van der Waals surface area contributed by atoms with Crippen molar-refractivity contribution in [2.75, 3.05) is 12.3 Å². The molecule has 4 heteroatoms. The molecule has 0 atom stereocenters. The molecule has 0 aromatic carbocycles. The fraction of sp³-hybridized carbons (Fsp3) is 0.727. The molecular weight excluding hydrogens is 224 g/mol. The maximum Gasteiger partial charge on any atom is 0.103 e. The summed E-state index contributed by atoms with van der Waals surface area (Å²) in [6.45, 7) is 8.60. The Hall–Kier alpha value is -0.0600. The number of hydrogen-bond donors (Lipinski definition) is 1. The number of nitrogens with one attached hydrogen (secondary N) is 1. The van der Waals surface area contributed by atoms with Crippen molar-refractivity contribution in [1.82, 2.24) is 10.3 Å². The van der Waals surface area contributed by atoms with Crippen LogP contribution in [0, 0.1) is 5.92 Å². The summed E-state index contributed by atoms with van der Waals surface area (Å²) < 4.78 is 0. The second-order valence-electron chi connectivity index (χ2n) is 3.89. The first-order chi connectivity index (χ1) is 7.22. The first-order valence-corrected chi connectivity index (χ1v) is 7.47. The number of thiazole rings is 1. The third-order valence-corrected chi connectivity index (χ3v) is 3.85. The minimum Gasteiger partial charge on any atom is -0.311 e. The van der Waals surface area contributed by atoms with Crippen molar-refractivity contribution >= 4 is 23.1 Å². The van der Waals surface area contributed by atoms with Crippen LogP contribution in [-0.2, 0) is 12.3 Å². The minimum atomic E-state index is 0.707. The van der Waals surface area contributed by atoms with E-state index in [1.807, 2.05) is 11.8 Å². The van der Waals surface area contributed by atoms with E-state index in [0.717, 1.165) is 18.8 Å². The Morgan fingerprint density at radius 3 is 3.00 bits per heavy atom. The zero-order valence-electron chi connectivity index (χ0n) is 9.75. The van der Waals surface area contributed by atoms with Gasteiger partial charge in [0.05, 0.1) is 5.69 Å². The standard InChI is InChI=1S/C11H20N2S2/c1-4-14-8-11-13-10(7-15-11)6-12-5-9(2)3/h7,9,12H,4-6,8H2,1-3H3. The molecule has 0 spiro atoms. The Bertz CT molecular complexity index is 271. The number of aromatic nitrogens is 1. The van der Waals surface area contributed by atoms with E-state index in [1.54, 1.807) is 11.3 Å². The summed E-state index contributed by atoms with van der Waals surface area (Å²) >= 11 is 3.71. The molecule has 0 aliphatic rings. The predicted octanol–water partition coefficient (Wildman–Crippen LogP) is 3.14. The van der Waals surface area contributed by atoms with Gasteiger partial charge in [-0.3, -0.25) is 0 Å². The molecule has 0 saturated heterocycles. The molecule has 0 fully saturated rings. The maximum atomic E-state index is 4.58. The van der Waals surface area contributed by atoms with Gasteiger partial charge in [-0.25, -0.2) is 4.98 Å². The summed E-state index contributed by atoms with van der Waals surface area (Å²) in [4.78, 5) is 4.58. The van der Waals surface area contributed by atoms with E-state index in [2.05, 4.69) is 36.5 Å². The lowest BCUT2D eigenvalue weighted by molar-refractivity contribution is 0.549. The van der Waals surface area contributed by atoms with E-state index in [9.17, 15) is 0 Å². The Balaban J connectivity index is 2.26. The quantitative estimate of drug-likeness (QED) is 0.797. The fourth-order valence-electron chi connectivity index (χ4n) is 1.17. The van der Waals surface area contributed by atoms with E-state index >= 15 is 0 Å². The van der Waals surface area contributed by atoms with E-state index < -0.39 is 0 Å². The zero-order chi connectivity index (χ0) is 11.1. The van der Waals surface area contributed by atoms with Crippen LogP contribution >= 0.6 is 23.1 Å². The molecule has 1 N–H and O–H groups in total. The second-order valence-corrected chi connectivity index (χ2v) is 6.11. The van der Waals surface area contributed by atoms with Crippen molar-refractivity contribution in [2.24, 2.45) is 5.92 Å². The van der Waals surface area contributed by atoms with Crippen molar-refractivity contribution < 1.29 is 0 Å². The van der Waals surface area contributed by atoms with Crippen molar-refractivity contribution in [2.45, 2.75) is 33.1 Å². The number of nitrogens with zero attached hydrogens (tertiary/aromatic N) is 1. The topological polar surface area (TPSA) is 24.9 Å². The molecule has 1 aromatic rings. The summed E-state index contributed by atoms with van der Waals surface area (Å²) in [5.41, 5.74) is 1.19. The smallest absolute Gasteiger partial charge is 0.103 e. The third kappa shape index (κ3) is 5.54. The van der Waals surface area contributed by atoms with Crippen LogP contribution in [0.5, 0.6) is 0 Å². The molecule has 0 aliphatic heterocycles. The van der Waals surface area contributed by atoms with Gasteiger partial charge >= 0.3 is 0 Å². The van der Waals surface area contributed by atoms with Crippen LogP contribution in [0.25, 0.3) is 0 Å². The van der Waals surface area contributed by atoms with Crippen LogP contribution in [0.15, 0.2) is 5.38 Å². The van der Waals surface area contributed by atoms with E-state index in [4.69, 9.17) is 0 Å². The summed E-state index contributed by atoms with van der Waals surface area (Å²) in [5.74, 6) is 2.94. The predicted molar refractivity (Wildman–Crippen MR) is 70.5 cm³/mol. The van der Waals surface area contributed by atoms with Crippen LogP contribution in [0.4, 0.5) is 0 Å². The van der Waals surface area contributed by atoms with Crippen LogP contribution in [0.3, 0.4) is 0 Å². The SMILES string of the molecule is CCSCc1nc(CNCC(C)C)cs1. The Morgan fingerprint density at radius 2 is 2.33 bits per heavy atom. The average Bonchev–Trinajstić information content (AvgIpc) is 2.62. The first-order valence-electron chi connectivity index (χ1n) is 5.44. The highest BCUT2D eigenvalue weighted by Gasteiger charge is 2.01. The van der Waals surface area contributed by atoms with Gasteiger partial charge in [-0.2, -0.15) is 11.8 Å². The van der Waals surface area contributed by atoms with Gasteiger partial charge in [-0.05, 0) is 18.2 Å². The third-order valence-electron chi connectivity index (χ3n) is 1.89. The Morgan fingerprint density at radius 1 is 1.53 bits per heavy atom. The van der Waals surface area contributed by atoms with Gasteiger partial charge in [0.25, 0.3) is 0 Å². The van der Waals surface area contributed by atoms with Gasteiger partial charge in [0.1, 0.15) is 5.01 Å². The highest BCUT2D eigenvalue weighted by Crippen LogP contribution is 2.16. The molecule has 15 heavy (non-hydrogen) atoms. The molecule has 0 saturated carbocycles. The van der Waals surface area contributed by atoms with Gasteiger partial charge in [-0.1, -0.05) is 20.8 Å². The first kappa shape index (κ1) is 13.0. The van der Waals surface area contributed by atoms with Crippen molar-refractivity contribution in [3.05, 3.63) is 16.1 Å². The molecule has 1 aromatic heterocycles. The molecule has 0 unspecified atom stereocenters. The molecule has 1 heterocycles. The molecule has 86 valence electrons. The highest BCUT2D eigenvalue weighted by molar-refractivity contribution is 7.98. The van der Waals surface area contributed by atoms with Crippen LogP contribution in [0.2, 0.25) is 0 Å². The zero-order valence-corrected chi connectivity index (χ0v) is 11.4. The molecule has 0 amide bonds. The lowest BCUT2D eigenvalue weighted by Gasteiger charge is -2.04. The molecule has 0 radical (unpaired) electrons. The summed E-state index contributed by atoms with van der Waals surface area (Å²) in [5, 5.41) is 6.83. The normalized spacial score (nSPS) is 11.2. The Kier molecular flexibility index (Phi) is 6.29. The second kappa shape index (κ2) is 7.25. The number of rotatable bonds is 7. The van der Waals surface area contributed by atoms with Gasteiger partial charge in [0, 0.05) is 17.7 Å². The van der Waals surface area contributed by atoms with Gasteiger partial charge in [0.2, 0.25) is 0 Å². The summed E-state index contributed by atoms with van der Waals surface area (Å²) in [7, 11) is 0. The largest absolute Gasteiger partial charge is 0.311 e. The van der Waals surface area contributed by atoms with E-state index in [1.165, 1.54) is 16.5 Å². The highest BCUT2D eigenvalue weighted by atomic mass is 32.2. The van der Waals surface area contributed by atoms with Gasteiger partial charge < -0.3 is 5.32 Å². The number of thioether (sulfide) groups is 1. The molecule has 0 bridgehead atoms. The molecule has 2 nitrogen and oxygen atoms in total. The minimum absolute atomic E-state index is 0.707. The van der Waals surface area contributed by atoms with Crippen molar-refractivity contribution in [3.8, 4) is 0 Å². The monoisotopic (exact) mass is 244 g/mol. The van der Waals surface area contributed by atoms with Crippen molar-refractivity contribution in [3.63, 3.8) is 0 Å². The van der Waals surface area contributed by atoms with E-state index in [-0.39, 0.29) is 0 Å². The fourth-order valence-corrected chi connectivity index (χ4v) is 2.72. The molecule has 0 aliphatic carbocycles. The van der Waals surface area contributed by atoms with Crippen LogP contribution in [-0.4, -0.2) is 17.3 Å². The summed E-state index contributed by atoms with van der Waals surface area (Å²) in [6, 6.07) is 0. The van der Waals surface area contributed by atoms with Crippen LogP contribution < -0.4 is 5.32 Å². The molecule has 1 rings (SSSR count). The lowest BCUT2D eigenvalue weighted by Crippen LogP contribution is -2.19. The lowest BCUT2D eigenvalue weighted by atomic mass is 10.2. The summed E-state index contributed by atoms with van der Waals surface area (Å²) in [6.07, 6.45) is 0. The average molecular weight is 244 g/mol. The van der Waals surface area contributed by atoms with Gasteiger partial charge in [0.15, 0.2) is 0 Å². The van der Waals surface area contributed by atoms with Crippen LogP contribution in [0.1, 0.15) is 31.5 Å².